The van der Waals surface area contributed by atoms with Gasteiger partial charge >= 0.3 is 5.97 Å². The van der Waals surface area contributed by atoms with Crippen LogP contribution in [0.2, 0.25) is 0 Å². The maximum atomic E-state index is 14.2. The second-order valence-corrected chi connectivity index (χ2v) is 11.7. The van der Waals surface area contributed by atoms with E-state index in [1.165, 1.54) is 36.8 Å². The topological polar surface area (TPSA) is 181 Å². The normalized spacial score (nSPS) is 33.8. The minimum Gasteiger partial charge on any atom is -0.507 e. The molecular weight excluding hydrogens is 528 g/mol. The van der Waals surface area contributed by atoms with Gasteiger partial charge in [0, 0.05) is 24.5 Å². The van der Waals surface area contributed by atoms with Crippen molar-refractivity contribution in [1.82, 2.24) is 4.90 Å². The molecule has 1 aromatic carbocycles. The maximum Gasteiger partial charge on any atom is 0.302 e. The van der Waals surface area contributed by atoms with Gasteiger partial charge in [0.2, 0.25) is 5.91 Å². The largest absolute Gasteiger partial charge is 0.507 e. The van der Waals surface area contributed by atoms with Crippen molar-refractivity contribution in [3.8, 4) is 5.75 Å². The summed E-state index contributed by atoms with van der Waals surface area (Å²) in [6.07, 6.45) is -0.595. The van der Waals surface area contributed by atoms with E-state index >= 15 is 0 Å². The maximum absolute atomic E-state index is 14.2. The van der Waals surface area contributed by atoms with Crippen molar-refractivity contribution in [3.05, 3.63) is 29.3 Å². The van der Waals surface area contributed by atoms with Crippen LogP contribution in [-0.2, 0) is 28.7 Å². The third kappa shape index (κ3) is 4.29. The standard InChI is InChI=1S/C27H32N2O9S/c1-5-9-39-10-13-12-7-6-8-14(31)15(12)21(32)17-16(13)23(38-11(2)30)19-20(29(3)4)22(33)18(26(28)36)25(35)27(19,37)24(17)34/h6-8,13,16-20,23,31,37H,5,9-10H2,1-4H3,(H2,28,36)/t13-,16+,17?,18?,19+,20-,23-,27-/m0/s1. The zero-order valence-corrected chi connectivity index (χ0v) is 22.9. The molecule has 2 unspecified atom stereocenters. The SMILES string of the molecule is CCCSC[C@H]1c2cccc(O)c2C(=O)C2C(=O)[C@]3(O)C(=O)C(C(N)=O)C(=O)[C@@H](N(C)C)[C@@H]3[C@@H](OC(C)=O)[C@@H]21. The summed E-state index contributed by atoms with van der Waals surface area (Å²) in [5.41, 5.74) is 2.69. The van der Waals surface area contributed by atoms with Gasteiger partial charge in [-0.1, -0.05) is 19.1 Å². The Hall–Kier alpha value is -3.09. The molecule has 3 aliphatic carbocycles. The number of phenolic OH excluding ortho intramolecular Hbond substituents is 1. The number of hydrogen-bond donors (Lipinski definition) is 3. The van der Waals surface area contributed by atoms with Gasteiger partial charge in [-0.15, -0.1) is 0 Å². The van der Waals surface area contributed by atoms with Gasteiger partial charge in [-0.25, -0.2) is 0 Å². The number of ketones is 4. The van der Waals surface area contributed by atoms with Gasteiger partial charge < -0.3 is 20.7 Å². The second-order valence-electron chi connectivity index (χ2n) is 10.6. The molecule has 12 heteroatoms. The zero-order valence-electron chi connectivity index (χ0n) is 22.1. The van der Waals surface area contributed by atoms with Crippen molar-refractivity contribution < 1.29 is 43.7 Å². The molecule has 4 rings (SSSR count). The van der Waals surface area contributed by atoms with Gasteiger partial charge in [0.1, 0.15) is 11.9 Å². The Morgan fingerprint density at radius 1 is 1.15 bits per heavy atom. The Labute approximate surface area is 229 Å². The van der Waals surface area contributed by atoms with Crippen molar-refractivity contribution in [2.24, 2.45) is 29.4 Å². The molecule has 0 heterocycles. The number of phenols is 1. The van der Waals surface area contributed by atoms with Gasteiger partial charge in [0.15, 0.2) is 34.7 Å². The minimum absolute atomic E-state index is 0.104. The van der Waals surface area contributed by atoms with E-state index in [9.17, 15) is 39.0 Å². The number of aromatic hydroxyl groups is 1. The average molecular weight is 561 g/mol. The van der Waals surface area contributed by atoms with E-state index < -0.39 is 82.3 Å². The predicted molar refractivity (Wildman–Crippen MR) is 139 cm³/mol. The highest BCUT2D eigenvalue weighted by molar-refractivity contribution is 7.99. The molecule has 4 N–H and O–H groups in total. The summed E-state index contributed by atoms with van der Waals surface area (Å²) in [5.74, 6) is -12.9. The van der Waals surface area contributed by atoms with Crippen LogP contribution in [-0.4, -0.2) is 93.5 Å². The van der Waals surface area contributed by atoms with Gasteiger partial charge in [-0.2, -0.15) is 11.8 Å². The Balaban J connectivity index is 2.02. The van der Waals surface area contributed by atoms with E-state index in [1.54, 1.807) is 12.1 Å². The molecule has 0 saturated heterocycles. The molecule has 3 aliphatic rings. The molecule has 210 valence electrons. The molecule has 0 spiro atoms. The number of carbonyl (C=O) groups is 6. The number of nitrogens with two attached hydrogens (primary N) is 1. The summed E-state index contributed by atoms with van der Waals surface area (Å²) in [5, 5.41) is 22.6. The molecule has 2 saturated carbocycles. The predicted octanol–water partition coefficient (Wildman–Crippen LogP) is 0.0929. The van der Waals surface area contributed by atoms with Gasteiger partial charge in [-0.3, -0.25) is 33.7 Å². The van der Waals surface area contributed by atoms with Crippen molar-refractivity contribution >= 4 is 46.8 Å². The number of benzene rings is 1. The van der Waals surface area contributed by atoms with Crippen LogP contribution in [0.1, 0.15) is 42.1 Å². The first-order chi connectivity index (χ1) is 18.3. The number of esters is 1. The van der Waals surface area contributed by atoms with Gasteiger partial charge in [0.25, 0.3) is 0 Å². The highest BCUT2D eigenvalue weighted by atomic mass is 32.2. The molecule has 0 radical (unpaired) electrons. The Morgan fingerprint density at radius 3 is 2.38 bits per heavy atom. The number of hydrogen-bond acceptors (Lipinski definition) is 11. The molecule has 2 fully saturated rings. The zero-order chi connectivity index (χ0) is 29.0. The number of carbonyl (C=O) groups excluding carboxylic acids is 6. The lowest BCUT2D eigenvalue weighted by atomic mass is 9.49. The summed E-state index contributed by atoms with van der Waals surface area (Å²) in [7, 11) is 2.93. The van der Waals surface area contributed by atoms with E-state index in [0.29, 0.717) is 11.3 Å². The quantitative estimate of drug-likeness (QED) is 0.234. The Kier molecular flexibility index (Phi) is 7.76. The number of fused-ring (bicyclic) bond motifs is 3. The molecule has 0 aliphatic heterocycles. The van der Waals surface area contributed by atoms with E-state index in [-0.39, 0.29) is 11.3 Å². The Morgan fingerprint density at radius 2 is 1.82 bits per heavy atom. The number of likely N-dealkylation sites (N-methyl/N-ethyl adjacent to an activating group) is 1. The molecule has 0 bridgehead atoms. The summed E-state index contributed by atoms with van der Waals surface area (Å²) in [4.78, 5) is 81.2. The first-order valence-corrected chi connectivity index (χ1v) is 13.9. The highest BCUT2D eigenvalue weighted by Gasteiger charge is 2.74. The fraction of sp³-hybridized carbons (Fsp3) is 0.556. The first-order valence-electron chi connectivity index (χ1n) is 12.7. The number of aliphatic hydroxyl groups is 1. The molecule has 0 aromatic heterocycles. The number of Topliss-reactive ketones (excluding diaryl/α,β-unsaturated/α-hetero) is 4. The lowest BCUT2D eigenvalue weighted by molar-refractivity contribution is -0.204. The van der Waals surface area contributed by atoms with Gasteiger partial charge in [-0.05, 0) is 37.9 Å². The second kappa shape index (κ2) is 10.5. The number of primary amides is 1. The average Bonchev–Trinajstić information content (AvgIpc) is 2.84. The molecular formula is C27H32N2O9S. The van der Waals surface area contributed by atoms with Crippen LogP contribution in [0.15, 0.2) is 18.2 Å². The van der Waals surface area contributed by atoms with Gasteiger partial charge in [0.05, 0.1) is 23.4 Å². The molecule has 11 nitrogen and oxygen atoms in total. The number of nitrogens with zero attached hydrogens (tertiary/aromatic N) is 1. The number of thioether (sulfide) groups is 1. The number of ether oxygens (including phenoxy) is 1. The van der Waals surface area contributed by atoms with Crippen LogP contribution in [0, 0.1) is 23.7 Å². The fourth-order valence-electron chi connectivity index (χ4n) is 6.63. The van der Waals surface area contributed by atoms with E-state index in [0.717, 1.165) is 19.1 Å². The van der Waals surface area contributed by atoms with E-state index in [4.69, 9.17) is 10.5 Å². The van der Waals surface area contributed by atoms with E-state index in [1.807, 2.05) is 6.92 Å². The van der Waals surface area contributed by atoms with Crippen LogP contribution in [0.25, 0.3) is 0 Å². The van der Waals surface area contributed by atoms with Crippen molar-refractivity contribution in [2.75, 3.05) is 25.6 Å². The van der Waals surface area contributed by atoms with Crippen LogP contribution in [0.5, 0.6) is 5.75 Å². The summed E-state index contributed by atoms with van der Waals surface area (Å²) >= 11 is 1.54. The molecule has 8 atom stereocenters. The number of amides is 1. The van der Waals surface area contributed by atoms with Crippen LogP contribution >= 0.6 is 11.8 Å². The van der Waals surface area contributed by atoms with Crippen LogP contribution in [0.3, 0.4) is 0 Å². The fourth-order valence-corrected chi connectivity index (χ4v) is 7.74. The first kappa shape index (κ1) is 28.9. The third-order valence-electron chi connectivity index (χ3n) is 8.07. The van der Waals surface area contributed by atoms with Crippen molar-refractivity contribution in [2.45, 2.75) is 43.9 Å². The summed E-state index contributed by atoms with van der Waals surface area (Å²) < 4.78 is 5.72. The summed E-state index contributed by atoms with van der Waals surface area (Å²) in [6.45, 7) is 3.10. The van der Waals surface area contributed by atoms with Crippen molar-refractivity contribution in [1.29, 1.82) is 0 Å². The Bertz CT molecular complexity index is 1260. The minimum atomic E-state index is -3.03. The molecule has 1 amide bonds. The number of rotatable bonds is 7. The van der Waals surface area contributed by atoms with Crippen LogP contribution in [0.4, 0.5) is 0 Å². The molecule has 39 heavy (non-hydrogen) atoms. The lowest BCUT2D eigenvalue weighted by Gasteiger charge is -2.56. The van der Waals surface area contributed by atoms with Crippen molar-refractivity contribution in [3.63, 3.8) is 0 Å². The highest BCUT2D eigenvalue weighted by Crippen LogP contribution is 2.56. The van der Waals surface area contributed by atoms with Crippen LogP contribution < -0.4 is 5.73 Å². The third-order valence-corrected chi connectivity index (χ3v) is 9.36. The van der Waals surface area contributed by atoms with E-state index in [2.05, 4.69) is 0 Å². The monoisotopic (exact) mass is 560 g/mol. The molecule has 1 aromatic rings. The smallest absolute Gasteiger partial charge is 0.302 e. The lowest BCUT2D eigenvalue weighted by Crippen LogP contribution is -2.78. The summed E-state index contributed by atoms with van der Waals surface area (Å²) in [6, 6.07) is 3.11.